The van der Waals surface area contributed by atoms with Crippen molar-refractivity contribution in [2.45, 2.75) is 257 Å². The number of esters is 2. The summed E-state index contributed by atoms with van der Waals surface area (Å²) in [7, 11) is 0. The molecule has 11 heterocycles. The van der Waals surface area contributed by atoms with Gasteiger partial charge >= 0.3 is 11.9 Å². The van der Waals surface area contributed by atoms with Crippen molar-refractivity contribution in [1.29, 1.82) is 0 Å². The second kappa shape index (κ2) is 19.8. The average Bonchev–Trinajstić information content (AvgIpc) is 3.24. The summed E-state index contributed by atoms with van der Waals surface area (Å²) < 4.78 is 82.4. The fourth-order valence-corrected chi connectivity index (χ4v) is 16.4. The van der Waals surface area contributed by atoms with E-state index in [0.717, 1.165) is 46.4 Å². The quantitative estimate of drug-likeness (QED) is 0.146. The van der Waals surface area contributed by atoms with E-state index in [-0.39, 0.29) is 110 Å². The molecule has 3 aromatic carbocycles. The van der Waals surface area contributed by atoms with Crippen LogP contribution in [0.1, 0.15) is 136 Å². The molecule has 0 spiro atoms. The van der Waals surface area contributed by atoms with Crippen molar-refractivity contribution in [3.63, 3.8) is 0 Å². The Bertz CT molecular complexity index is 3010. The zero-order chi connectivity index (χ0) is 55.3. The van der Waals surface area contributed by atoms with Crippen LogP contribution in [0.15, 0.2) is 90.6 Å². The summed E-state index contributed by atoms with van der Waals surface area (Å²) >= 11 is 0. The molecule has 23 atom stereocenters. The van der Waals surface area contributed by atoms with E-state index in [1.807, 2.05) is 50.2 Å². The molecule has 0 bridgehead atoms. The van der Waals surface area contributed by atoms with Gasteiger partial charge in [0.25, 0.3) is 0 Å². The number of hydrogen-bond acceptors (Lipinski definition) is 15. The van der Waals surface area contributed by atoms with Gasteiger partial charge in [-0.2, -0.15) is 0 Å². The van der Waals surface area contributed by atoms with Crippen molar-refractivity contribution < 1.29 is 71.5 Å². The first-order chi connectivity index (χ1) is 38.2. The molecule has 11 aliphatic rings. The first kappa shape index (κ1) is 53.9. The van der Waals surface area contributed by atoms with Crippen LogP contribution in [0.2, 0.25) is 0 Å². The predicted molar refractivity (Wildman–Crippen MR) is 294 cm³/mol. The maximum absolute atomic E-state index is 13.5. The van der Waals surface area contributed by atoms with Gasteiger partial charge in [-0.1, -0.05) is 62.1 Å². The number of aliphatic hydroxyl groups is 1. The number of fused-ring (bicyclic) bond motifs is 12. The number of benzene rings is 3. The fourth-order valence-electron chi connectivity index (χ4n) is 16.4. The van der Waals surface area contributed by atoms with E-state index in [4.69, 9.17) is 56.8 Å². The molecule has 9 saturated heterocycles. The lowest BCUT2D eigenvalue weighted by Gasteiger charge is -2.60. The summed E-state index contributed by atoms with van der Waals surface area (Å²) in [6, 6.07) is 17.9. The molecule has 80 heavy (non-hydrogen) atoms. The summed E-state index contributed by atoms with van der Waals surface area (Å²) in [5.74, 6) is -0.568. The zero-order valence-corrected chi connectivity index (χ0v) is 47.4. The molecular weight excluding hydrogens is 1020 g/mol. The first-order valence-corrected chi connectivity index (χ1v) is 29.9. The van der Waals surface area contributed by atoms with Crippen LogP contribution in [0.5, 0.6) is 0 Å². The van der Waals surface area contributed by atoms with Gasteiger partial charge in [0.1, 0.15) is 30.5 Å². The Morgan fingerprint density at radius 1 is 0.688 bits per heavy atom. The molecule has 0 amide bonds. The zero-order valence-electron chi connectivity index (χ0n) is 47.4. The molecule has 0 saturated carbocycles. The van der Waals surface area contributed by atoms with Gasteiger partial charge in [0.15, 0.2) is 0 Å². The van der Waals surface area contributed by atoms with Crippen LogP contribution in [0.3, 0.4) is 0 Å². The lowest BCUT2D eigenvalue weighted by molar-refractivity contribution is -0.356. The van der Waals surface area contributed by atoms with Crippen molar-refractivity contribution in [1.82, 2.24) is 0 Å². The maximum Gasteiger partial charge on any atom is 0.339 e. The number of hydrogen-bond donors (Lipinski definition) is 1. The SMILES string of the molecule is C=C(COC(=O)c1cccc2cc3ccccc3cc12)C[C@@H]1C[C@H](O)[C@]2(C)O[C@@H]3C[C@@H]4O[C@@H]5C[C@]6(C)O[C@]7(C)CC[C@@H]8OC9C[C@]%10(C)O[C@@H]%11C(C)=CC(=O)OC%11CC%10OC9C[C@@H](C)C8OC7CC6O[C@@]5(C)CC=CC4OC3CC2O1. The summed E-state index contributed by atoms with van der Waals surface area (Å²) in [6.07, 6.45) is 8.34. The lowest BCUT2D eigenvalue weighted by Crippen LogP contribution is -2.70. The third-order valence-corrected chi connectivity index (χ3v) is 21.0. The second-order valence-electron chi connectivity index (χ2n) is 27.0. The van der Waals surface area contributed by atoms with Crippen LogP contribution < -0.4 is 0 Å². The Morgan fingerprint density at radius 3 is 2.29 bits per heavy atom. The molecule has 11 aliphatic heterocycles. The van der Waals surface area contributed by atoms with Crippen LogP contribution in [0, 0.1) is 5.92 Å². The van der Waals surface area contributed by atoms with Crippen molar-refractivity contribution in [3.05, 3.63) is 96.1 Å². The minimum absolute atomic E-state index is 0.0408. The standard InChI is InChI=1S/C65H80O15/c1-34(33-69-60(68)41-16-11-15-39-24-37-13-9-10-14-38(37)25-42(39)41)21-40-26-51(66)65(8)55(70-40)28-47-48(77-65)27-46-43(71-47)17-12-19-61(4)56(74-46)32-64(7)54(78-61)30-53-62(5,80-64)20-18-44-58(76-53)35(2)22-45-50(72-44)31-63(6)52(73-45)29-49-59(79-63)36(3)23-57(67)75-49/h9-17,23-25,35,40,43-56,58-59,66H,1,18-22,26-33H2,2-8H3/t35-,40-,43?,44+,45?,46+,47?,48-,49?,50?,51+,52?,53?,54?,55?,56-,58?,59-,61+,62-,63+,64+,65+/m1/s1. The van der Waals surface area contributed by atoms with Crippen LogP contribution >= 0.6 is 0 Å². The van der Waals surface area contributed by atoms with Crippen LogP contribution in [-0.4, -0.2) is 155 Å². The molecule has 9 fully saturated rings. The molecule has 0 aromatic heterocycles. The van der Waals surface area contributed by atoms with Crippen molar-refractivity contribution >= 4 is 33.5 Å². The number of rotatable bonds is 5. The van der Waals surface area contributed by atoms with E-state index in [9.17, 15) is 14.7 Å². The highest BCUT2D eigenvalue weighted by Gasteiger charge is 2.64. The minimum atomic E-state index is -0.963. The molecule has 0 radical (unpaired) electrons. The van der Waals surface area contributed by atoms with Gasteiger partial charge in [0.2, 0.25) is 0 Å². The van der Waals surface area contributed by atoms with E-state index < -0.39 is 46.2 Å². The fraction of sp³-hybridized carbons (Fsp3) is 0.662. The summed E-state index contributed by atoms with van der Waals surface area (Å²) in [4.78, 5) is 25.8. The summed E-state index contributed by atoms with van der Waals surface area (Å²) in [6.45, 7) is 19.2. The smallest absolute Gasteiger partial charge is 0.339 e. The number of aliphatic hydroxyl groups excluding tert-OH is 1. The Kier molecular flexibility index (Phi) is 13.3. The van der Waals surface area contributed by atoms with Gasteiger partial charge in [-0.25, -0.2) is 9.59 Å². The van der Waals surface area contributed by atoms with Gasteiger partial charge < -0.3 is 61.9 Å². The van der Waals surface area contributed by atoms with E-state index in [2.05, 4.69) is 65.5 Å². The molecule has 14 rings (SSSR count). The Labute approximate surface area is 469 Å². The molecule has 430 valence electrons. The average molecular weight is 1100 g/mol. The molecule has 10 unspecified atom stereocenters. The van der Waals surface area contributed by atoms with E-state index >= 15 is 0 Å². The highest BCUT2D eigenvalue weighted by atomic mass is 16.7. The predicted octanol–water partition coefficient (Wildman–Crippen LogP) is 9.44. The summed E-state index contributed by atoms with van der Waals surface area (Å²) in [5.41, 5.74) is -1.33. The minimum Gasteiger partial charge on any atom is -0.458 e. The molecule has 3 aromatic rings. The van der Waals surface area contributed by atoms with Crippen LogP contribution in [0.4, 0.5) is 0 Å². The Balaban J connectivity index is 0.610. The van der Waals surface area contributed by atoms with Crippen LogP contribution in [0.25, 0.3) is 21.5 Å². The van der Waals surface area contributed by atoms with Gasteiger partial charge in [0.05, 0.1) is 113 Å². The number of carbonyl (C=O) groups is 2. The highest BCUT2D eigenvalue weighted by Crippen LogP contribution is 2.55. The number of ether oxygens (including phenoxy) is 12. The maximum atomic E-state index is 13.5. The van der Waals surface area contributed by atoms with Gasteiger partial charge in [-0.05, 0) is 130 Å². The Morgan fingerprint density at radius 2 is 1.45 bits per heavy atom. The molecular formula is C65H80O15. The van der Waals surface area contributed by atoms with Crippen LogP contribution in [-0.2, 0) is 61.6 Å². The lowest BCUT2D eigenvalue weighted by atomic mass is 9.72. The first-order valence-electron chi connectivity index (χ1n) is 29.9. The van der Waals surface area contributed by atoms with E-state index in [1.54, 1.807) is 12.1 Å². The third-order valence-electron chi connectivity index (χ3n) is 21.0. The van der Waals surface area contributed by atoms with E-state index in [1.165, 1.54) is 0 Å². The van der Waals surface area contributed by atoms with E-state index in [0.29, 0.717) is 68.9 Å². The van der Waals surface area contributed by atoms with Gasteiger partial charge in [-0.3, -0.25) is 0 Å². The Hall–Kier alpha value is -4.10. The highest BCUT2D eigenvalue weighted by molar-refractivity contribution is 6.09. The third kappa shape index (κ3) is 9.26. The van der Waals surface area contributed by atoms with Crippen molar-refractivity contribution in [2.75, 3.05) is 6.61 Å². The summed E-state index contributed by atoms with van der Waals surface area (Å²) in [5, 5.41) is 15.9. The number of carbonyl (C=O) groups excluding carboxylic acids is 2. The molecule has 0 aliphatic carbocycles. The second-order valence-corrected chi connectivity index (χ2v) is 27.0. The van der Waals surface area contributed by atoms with Crippen molar-refractivity contribution in [2.24, 2.45) is 5.92 Å². The largest absolute Gasteiger partial charge is 0.458 e. The normalized spacial score (nSPS) is 47.5. The monoisotopic (exact) mass is 1100 g/mol. The van der Waals surface area contributed by atoms with Gasteiger partial charge in [0, 0.05) is 51.0 Å². The molecule has 1 N–H and O–H groups in total. The van der Waals surface area contributed by atoms with Gasteiger partial charge in [-0.15, -0.1) is 0 Å². The van der Waals surface area contributed by atoms with Crippen molar-refractivity contribution in [3.8, 4) is 0 Å². The molecule has 15 heteroatoms. The topological polar surface area (TPSA) is 165 Å². The molecule has 15 nitrogen and oxygen atoms in total.